The second kappa shape index (κ2) is 6.52. The Labute approximate surface area is 148 Å². The van der Waals surface area contributed by atoms with E-state index in [0.717, 1.165) is 11.1 Å². The maximum Gasteiger partial charge on any atom is 0.258 e. The molecule has 0 fully saturated rings. The Hall–Kier alpha value is -2.34. The van der Waals surface area contributed by atoms with Gasteiger partial charge in [0.15, 0.2) is 0 Å². The second-order valence-electron chi connectivity index (χ2n) is 6.51. The molecule has 0 bridgehead atoms. The Morgan fingerprint density at radius 2 is 1.56 bits per heavy atom. The zero-order chi connectivity index (χ0) is 18.2. The average molecular weight is 358 g/mol. The first kappa shape index (κ1) is 17.5. The monoisotopic (exact) mass is 358 g/mol. The Balaban J connectivity index is 2.08. The molecule has 0 radical (unpaired) electrons. The van der Waals surface area contributed by atoms with E-state index in [9.17, 15) is 13.2 Å². The van der Waals surface area contributed by atoms with Crippen LogP contribution in [0.3, 0.4) is 0 Å². The predicted octanol–water partition coefficient (Wildman–Crippen LogP) is 3.12. The lowest BCUT2D eigenvalue weighted by molar-refractivity contribution is 0.0987. The minimum Gasteiger partial charge on any atom is -0.306 e. The Bertz CT molecular complexity index is 902. The summed E-state index contributed by atoms with van der Waals surface area (Å²) in [6.45, 7) is 4.78. The molecule has 1 amide bonds. The van der Waals surface area contributed by atoms with Crippen LogP contribution in [0.25, 0.3) is 0 Å². The fourth-order valence-corrected chi connectivity index (χ4v) is 4.30. The number of rotatable bonds is 2. The number of nitrogens with zero attached hydrogens (tertiary/aromatic N) is 2. The molecule has 0 saturated heterocycles. The van der Waals surface area contributed by atoms with Crippen molar-refractivity contribution in [1.29, 1.82) is 0 Å². The fourth-order valence-electron chi connectivity index (χ4n) is 3.33. The van der Waals surface area contributed by atoms with Crippen LogP contribution in [0, 0.1) is 13.8 Å². The summed E-state index contributed by atoms with van der Waals surface area (Å²) in [5.41, 5.74) is 3.88. The minimum atomic E-state index is -3.39. The highest BCUT2D eigenvalue weighted by atomic mass is 32.2. The smallest absolute Gasteiger partial charge is 0.258 e. The van der Waals surface area contributed by atoms with E-state index in [1.807, 2.05) is 38.1 Å². The van der Waals surface area contributed by atoms with Crippen molar-refractivity contribution >= 4 is 27.3 Å². The molecule has 1 aliphatic heterocycles. The van der Waals surface area contributed by atoms with Gasteiger partial charge in [0, 0.05) is 18.7 Å². The number of benzene rings is 2. The molecular weight excluding hydrogens is 336 g/mol. The molecule has 2 aromatic rings. The second-order valence-corrected chi connectivity index (χ2v) is 8.42. The van der Waals surface area contributed by atoms with Crippen LogP contribution in [0.4, 0.5) is 11.4 Å². The highest BCUT2D eigenvalue weighted by Crippen LogP contribution is 2.34. The molecular formula is C19H22N2O3S. The number of carbonyl (C=O) groups excluding carboxylic acids is 1. The van der Waals surface area contributed by atoms with Crippen molar-refractivity contribution in [3.8, 4) is 0 Å². The summed E-state index contributed by atoms with van der Waals surface area (Å²) in [6, 6.07) is 12.9. The molecule has 0 saturated carbocycles. The van der Waals surface area contributed by atoms with E-state index in [2.05, 4.69) is 0 Å². The van der Waals surface area contributed by atoms with Crippen molar-refractivity contribution in [3.05, 3.63) is 59.2 Å². The maximum absolute atomic E-state index is 13.1. The summed E-state index contributed by atoms with van der Waals surface area (Å²) >= 11 is 0. The van der Waals surface area contributed by atoms with Crippen molar-refractivity contribution in [2.45, 2.75) is 20.3 Å². The molecule has 6 heteroatoms. The highest BCUT2D eigenvalue weighted by molar-refractivity contribution is 7.92. The molecule has 132 valence electrons. The van der Waals surface area contributed by atoms with Crippen LogP contribution in [-0.2, 0) is 10.0 Å². The van der Waals surface area contributed by atoms with Gasteiger partial charge in [-0.1, -0.05) is 29.3 Å². The first-order valence-corrected chi connectivity index (χ1v) is 10.1. The Morgan fingerprint density at radius 3 is 2.16 bits per heavy atom. The van der Waals surface area contributed by atoms with Crippen LogP contribution in [0.1, 0.15) is 27.9 Å². The van der Waals surface area contributed by atoms with Gasteiger partial charge >= 0.3 is 0 Å². The number of aryl methyl sites for hydroxylation is 2. The first-order valence-electron chi connectivity index (χ1n) is 8.24. The molecule has 0 aromatic heterocycles. The average Bonchev–Trinajstić information content (AvgIpc) is 2.72. The van der Waals surface area contributed by atoms with Gasteiger partial charge in [0.2, 0.25) is 10.0 Å². The van der Waals surface area contributed by atoms with E-state index in [-0.39, 0.29) is 5.91 Å². The van der Waals surface area contributed by atoms with Crippen LogP contribution in [-0.4, -0.2) is 33.7 Å². The van der Waals surface area contributed by atoms with Gasteiger partial charge in [-0.25, -0.2) is 8.42 Å². The molecule has 0 N–H and O–H groups in total. The lowest BCUT2D eigenvalue weighted by atomic mass is 10.1. The minimum absolute atomic E-state index is 0.102. The van der Waals surface area contributed by atoms with Gasteiger partial charge in [0.05, 0.1) is 17.6 Å². The molecule has 5 nitrogen and oxygen atoms in total. The Kier molecular flexibility index (Phi) is 4.56. The van der Waals surface area contributed by atoms with Gasteiger partial charge in [-0.05, 0) is 44.5 Å². The van der Waals surface area contributed by atoms with Gasteiger partial charge in [0.25, 0.3) is 5.91 Å². The predicted molar refractivity (Wildman–Crippen MR) is 101 cm³/mol. The van der Waals surface area contributed by atoms with Crippen LogP contribution in [0.15, 0.2) is 42.5 Å². The largest absolute Gasteiger partial charge is 0.306 e. The number of fused-ring (bicyclic) bond motifs is 1. The summed E-state index contributed by atoms with van der Waals surface area (Å²) in [4.78, 5) is 14.8. The molecule has 0 unspecified atom stereocenters. The van der Waals surface area contributed by atoms with Crippen LogP contribution in [0.2, 0.25) is 0 Å². The number of sulfonamides is 1. The topological polar surface area (TPSA) is 57.7 Å². The van der Waals surface area contributed by atoms with Crippen molar-refractivity contribution < 1.29 is 13.2 Å². The van der Waals surface area contributed by atoms with E-state index in [4.69, 9.17) is 0 Å². The lowest BCUT2D eigenvalue weighted by Crippen LogP contribution is -2.31. The molecule has 25 heavy (non-hydrogen) atoms. The molecule has 0 spiro atoms. The third-order valence-corrected chi connectivity index (χ3v) is 5.48. The number of hydrogen-bond donors (Lipinski definition) is 0. The van der Waals surface area contributed by atoms with E-state index >= 15 is 0 Å². The molecule has 2 aromatic carbocycles. The molecule has 3 rings (SSSR count). The van der Waals surface area contributed by atoms with Crippen LogP contribution < -0.4 is 9.21 Å². The summed E-state index contributed by atoms with van der Waals surface area (Å²) in [7, 11) is -3.39. The fraction of sp³-hybridized carbons (Fsp3) is 0.316. The highest BCUT2D eigenvalue weighted by Gasteiger charge is 2.29. The van der Waals surface area contributed by atoms with E-state index in [1.165, 1.54) is 10.6 Å². The number of para-hydroxylation sites is 2. The van der Waals surface area contributed by atoms with Crippen molar-refractivity contribution in [1.82, 2.24) is 0 Å². The maximum atomic E-state index is 13.1. The summed E-state index contributed by atoms with van der Waals surface area (Å²) in [5.74, 6) is -0.102. The molecule has 1 heterocycles. The quantitative estimate of drug-likeness (QED) is 0.829. The van der Waals surface area contributed by atoms with Crippen LogP contribution >= 0.6 is 0 Å². The van der Waals surface area contributed by atoms with Crippen molar-refractivity contribution in [2.75, 3.05) is 28.6 Å². The third kappa shape index (κ3) is 3.54. The number of anilines is 2. The van der Waals surface area contributed by atoms with Crippen LogP contribution in [0.5, 0.6) is 0 Å². The Morgan fingerprint density at radius 1 is 0.960 bits per heavy atom. The number of carbonyl (C=O) groups is 1. The van der Waals surface area contributed by atoms with Gasteiger partial charge in [0.1, 0.15) is 0 Å². The van der Waals surface area contributed by atoms with Gasteiger partial charge in [-0.2, -0.15) is 0 Å². The SMILES string of the molecule is Cc1cc(C)cc(C(=O)N2CCCN(S(C)(=O)=O)c3ccccc32)c1. The van der Waals surface area contributed by atoms with Crippen molar-refractivity contribution in [3.63, 3.8) is 0 Å². The third-order valence-electron chi connectivity index (χ3n) is 4.30. The van der Waals surface area contributed by atoms with E-state index < -0.39 is 10.0 Å². The van der Waals surface area contributed by atoms with Crippen molar-refractivity contribution in [2.24, 2.45) is 0 Å². The first-order chi connectivity index (χ1) is 11.8. The summed E-state index contributed by atoms with van der Waals surface area (Å²) < 4.78 is 25.7. The molecule has 0 atom stereocenters. The summed E-state index contributed by atoms with van der Waals surface area (Å²) in [5, 5.41) is 0. The molecule has 1 aliphatic rings. The lowest BCUT2D eigenvalue weighted by Gasteiger charge is -2.25. The van der Waals surface area contributed by atoms with Gasteiger partial charge < -0.3 is 4.90 Å². The van der Waals surface area contributed by atoms with Gasteiger partial charge in [-0.3, -0.25) is 9.10 Å². The van der Waals surface area contributed by atoms with E-state index in [0.29, 0.717) is 36.4 Å². The standard InChI is InChI=1S/C19H22N2O3S/c1-14-11-15(2)13-16(12-14)19(22)20-9-6-10-21(25(3,23)24)18-8-5-4-7-17(18)20/h4-5,7-8,11-13H,6,9-10H2,1-3H3. The normalized spacial score (nSPS) is 14.8. The molecule has 0 aliphatic carbocycles. The number of hydrogen-bond acceptors (Lipinski definition) is 3. The zero-order valence-electron chi connectivity index (χ0n) is 14.7. The number of amides is 1. The zero-order valence-corrected chi connectivity index (χ0v) is 15.5. The van der Waals surface area contributed by atoms with E-state index in [1.54, 1.807) is 23.1 Å². The van der Waals surface area contributed by atoms with Gasteiger partial charge in [-0.15, -0.1) is 0 Å². The summed E-state index contributed by atoms with van der Waals surface area (Å²) in [6.07, 6.45) is 1.78.